The standard InChI is InChI=1S/C17H18N2O/c20-17(19-12-13-9-10-13)16(14-6-2-1-3-7-14)15-8-4-5-11-18-15/h1-8,11,13,16H,9-10,12H2,(H,19,20)/t16-/m0/s1. The van der Waals surface area contributed by atoms with E-state index in [0.717, 1.165) is 17.8 Å². The lowest BCUT2D eigenvalue weighted by atomic mass is 9.94. The molecule has 0 unspecified atom stereocenters. The van der Waals surface area contributed by atoms with Gasteiger partial charge in [0.05, 0.1) is 5.69 Å². The van der Waals surface area contributed by atoms with E-state index < -0.39 is 0 Å². The molecule has 1 amide bonds. The molecule has 20 heavy (non-hydrogen) atoms. The molecule has 1 saturated carbocycles. The van der Waals surface area contributed by atoms with E-state index in [1.165, 1.54) is 12.8 Å². The molecule has 1 atom stereocenters. The molecule has 1 heterocycles. The van der Waals surface area contributed by atoms with Gasteiger partial charge in [-0.3, -0.25) is 9.78 Å². The summed E-state index contributed by atoms with van der Waals surface area (Å²) in [5.74, 6) is 0.400. The maximum atomic E-state index is 12.5. The van der Waals surface area contributed by atoms with E-state index in [4.69, 9.17) is 0 Å². The Labute approximate surface area is 119 Å². The molecule has 0 aliphatic heterocycles. The molecule has 3 heteroatoms. The monoisotopic (exact) mass is 266 g/mol. The summed E-state index contributed by atoms with van der Waals surface area (Å²) < 4.78 is 0. The van der Waals surface area contributed by atoms with Gasteiger partial charge in [0.2, 0.25) is 5.91 Å². The molecular formula is C17H18N2O. The van der Waals surface area contributed by atoms with Gasteiger partial charge in [0.1, 0.15) is 5.92 Å². The molecule has 1 fully saturated rings. The highest BCUT2D eigenvalue weighted by Gasteiger charge is 2.26. The SMILES string of the molecule is O=C(NCC1CC1)[C@@H](c1ccccc1)c1ccccn1. The first-order chi connectivity index (χ1) is 9.84. The smallest absolute Gasteiger partial charge is 0.233 e. The number of aromatic nitrogens is 1. The quantitative estimate of drug-likeness (QED) is 0.904. The molecule has 3 nitrogen and oxygen atoms in total. The molecular weight excluding hydrogens is 248 g/mol. The zero-order chi connectivity index (χ0) is 13.8. The van der Waals surface area contributed by atoms with E-state index in [1.807, 2.05) is 48.5 Å². The third-order valence-corrected chi connectivity index (χ3v) is 3.64. The van der Waals surface area contributed by atoms with Gasteiger partial charge in [0, 0.05) is 12.7 Å². The number of nitrogens with one attached hydrogen (secondary N) is 1. The highest BCUT2D eigenvalue weighted by Crippen LogP contribution is 2.28. The molecule has 1 N–H and O–H groups in total. The average Bonchev–Trinajstić information content (AvgIpc) is 3.32. The molecule has 1 aliphatic rings. The maximum absolute atomic E-state index is 12.5. The molecule has 1 aromatic carbocycles. The number of amides is 1. The van der Waals surface area contributed by atoms with Crippen molar-refractivity contribution in [2.75, 3.05) is 6.54 Å². The fraction of sp³-hybridized carbons (Fsp3) is 0.294. The van der Waals surface area contributed by atoms with Gasteiger partial charge in [-0.1, -0.05) is 36.4 Å². The molecule has 2 aromatic rings. The van der Waals surface area contributed by atoms with E-state index in [0.29, 0.717) is 5.92 Å². The van der Waals surface area contributed by atoms with Crippen LogP contribution in [0.15, 0.2) is 54.7 Å². The Morgan fingerprint density at radius 1 is 1.15 bits per heavy atom. The number of carbonyl (C=O) groups is 1. The van der Waals surface area contributed by atoms with Crippen LogP contribution in [0, 0.1) is 5.92 Å². The van der Waals surface area contributed by atoms with Gasteiger partial charge >= 0.3 is 0 Å². The van der Waals surface area contributed by atoms with Crippen LogP contribution >= 0.6 is 0 Å². The van der Waals surface area contributed by atoms with Crippen molar-refractivity contribution in [3.63, 3.8) is 0 Å². The van der Waals surface area contributed by atoms with Gasteiger partial charge in [-0.15, -0.1) is 0 Å². The zero-order valence-electron chi connectivity index (χ0n) is 11.3. The van der Waals surface area contributed by atoms with Crippen molar-refractivity contribution in [2.24, 2.45) is 5.92 Å². The van der Waals surface area contributed by atoms with E-state index in [1.54, 1.807) is 6.20 Å². The number of nitrogens with zero attached hydrogens (tertiary/aromatic N) is 1. The van der Waals surface area contributed by atoms with Gasteiger partial charge in [-0.05, 0) is 36.5 Å². The third-order valence-electron chi connectivity index (χ3n) is 3.64. The first-order valence-electron chi connectivity index (χ1n) is 7.08. The molecule has 0 saturated heterocycles. The van der Waals surface area contributed by atoms with Crippen molar-refractivity contribution in [3.05, 3.63) is 66.0 Å². The van der Waals surface area contributed by atoms with E-state index in [9.17, 15) is 4.79 Å². The van der Waals surface area contributed by atoms with Crippen molar-refractivity contribution < 1.29 is 4.79 Å². The number of benzene rings is 1. The lowest BCUT2D eigenvalue weighted by Gasteiger charge is -2.16. The minimum Gasteiger partial charge on any atom is -0.355 e. The highest BCUT2D eigenvalue weighted by atomic mass is 16.1. The fourth-order valence-electron chi connectivity index (χ4n) is 2.32. The molecule has 1 aliphatic carbocycles. The van der Waals surface area contributed by atoms with Crippen LogP contribution in [-0.2, 0) is 4.79 Å². The summed E-state index contributed by atoms with van der Waals surface area (Å²) in [6.45, 7) is 0.787. The van der Waals surface area contributed by atoms with Crippen LogP contribution in [0.25, 0.3) is 0 Å². The van der Waals surface area contributed by atoms with Gasteiger partial charge in [0.15, 0.2) is 0 Å². The van der Waals surface area contributed by atoms with E-state index in [2.05, 4.69) is 10.3 Å². The zero-order valence-corrected chi connectivity index (χ0v) is 11.3. The molecule has 0 spiro atoms. The van der Waals surface area contributed by atoms with Crippen LogP contribution in [0.2, 0.25) is 0 Å². The largest absolute Gasteiger partial charge is 0.355 e. The Morgan fingerprint density at radius 2 is 1.90 bits per heavy atom. The van der Waals surface area contributed by atoms with E-state index in [-0.39, 0.29) is 11.8 Å². The van der Waals surface area contributed by atoms with Gasteiger partial charge in [0.25, 0.3) is 0 Å². The average molecular weight is 266 g/mol. The lowest BCUT2D eigenvalue weighted by molar-refractivity contribution is -0.121. The predicted octanol–water partition coefficient (Wildman–Crippen LogP) is 2.74. The molecule has 0 radical (unpaired) electrons. The van der Waals surface area contributed by atoms with Crippen LogP contribution in [0.3, 0.4) is 0 Å². The number of hydrogen-bond acceptors (Lipinski definition) is 2. The number of pyridine rings is 1. The number of hydrogen-bond donors (Lipinski definition) is 1. The van der Waals surface area contributed by atoms with Crippen LogP contribution in [0.5, 0.6) is 0 Å². The summed E-state index contributed by atoms with van der Waals surface area (Å²) in [5, 5.41) is 3.06. The molecule has 0 bridgehead atoms. The fourth-order valence-corrected chi connectivity index (χ4v) is 2.32. The van der Waals surface area contributed by atoms with Gasteiger partial charge in [-0.25, -0.2) is 0 Å². The van der Waals surface area contributed by atoms with Crippen molar-refractivity contribution >= 4 is 5.91 Å². The Balaban J connectivity index is 1.84. The third kappa shape index (κ3) is 3.05. The van der Waals surface area contributed by atoms with Gasteiger partial charge in [-0.2, -0.15) is 0 Å². The highest BCUT2D eigenvalue weighted by molar-refractivity contribution is 5.86. The summed E-state index contributed by atoms with van der Waals surface area (Å²) in [6, 6.07) is 15.5. The topological polar surface area (TPSA) is 42.0 Å². The minimum absolute atomic E-state index is 0.0433. The predicted molar refractivity (Wildman–Crippen MR) is 78.3 cm³/mol. The van der Waals surface area contributed by atoms with Crippen molar-refractivity contribution in [1.82, 2.24) is 10.3 Å². The van der Waals surface area contributed by atoms with Gasteiger partial charge < -0.3 is 5.32 Å². The van der Waals surface area contributed by atoms with Crippen molar-refractivity contribution in [1.29, 1.82) is 0 Å². The minimum atomic E-state index is -0.323. The second kappa shape index (κ2) is 5.87. The van der Waals surface area contributed by atoms with E-state index >= 15 is 0 Å². The van der Waals surface area contributed by atoms with Crippen molar-refractivity contribution in [2.45, 2.75) is 18.8 Å². The van der Waals surface area contributed by atoms with Crippen molar-refractivity contribution in [3.8, 4) is 0 Å². The summed E-state index contributed by atoms with van der Waals surface area (Å²) in [5.41, 5.74) is 1.78. The van der Waals surface area contributed by atoms with Crippen LogP contribution in [0.4, 0.5) is 0 Å². The summed E-state index contributed by atoms with van der Waals surface area (Å²) in [4.78, 5) is 16.9. The molecule has 102 valence electrons. The lowest BCUT2D eigenvalue weighted by Crippen LogP contribution is -2.32. The van der Waals surface area contributed by atoms with Crippen LogP contribution < -0.4 is 5.32 Å². The first kappa shape index (κ1) is 12.9. The normalized spacial score (nSPS) is 15.6. The second-order valence-corrected chi connectivity index (χ2v) is 5.29. The molecule has 3 rings (SSSR count). The summed E-state index contributed by atoms with van der Waals surface area (Å²) in [6.07, 6.45) is 4.21. The number of rotatable bonds is 5. The Morgan fingerprint density at radius 3 is 2.55 bits per heavy atom. The summed E-state index contributed by atoms with van der Waals surface area (Å²) >= 11 is 0. The van der Waals surface area contributed by atoms with Crippen LogP contribution in [0.1, 0.15) is 30.0 Å². The Hall–Kier alpha value is -2.16. The second-order valence-electron chi connectivity index (χ2n) is 5.29. The summed E-state index contributed by atoms with van der Waals surface area (Å²) in [7, 11) is 0. The molecule has 1 aromatic heterocycles. The Bertz CT molecular complexity index is 525. The Kier molecular flexibility index (Phi) is 3.77. The number of carbonyl (C=O) groups excluding carboxylic acids is 1. The van der Waals surface area contributed by atoms with Crippen LogP contribution in [-0.4, -0.2) is 17.4 Å². The first-order valence-corrected chi connectivity index (χ1v) is 7.08. The maximum Gasteiger partial charge on any atom is 0.233 e.